The summed E-state index contributed by atoms with van der Waals surface area (Å²) in [6.07, 6.45) is 0. The fraction of sp³-hybridized carbons (Fsp3) is 0.250. The summed E-state index contributed by atoms with van der Waals surface area (Å²) in [5.74, 6) is -0.325. The van der Waals surface area contributed by atoms with Crippen molar-refractivity contribution in [2.24, 2.45) is 0 Å². The van der Waals surface area contributed by atoms with Crippen LogP contribution in [0.15, 0.2) is 12.1 Å². The summed E-state index contributed by atoms with van der Waals surface area (Å²) in [5, 5.41) is 3.38. The van der Waals surface area contributed by atoms with Crippen LogP contribution in [-0.2, 0) is 13.1 Å². The first-order valence-electron chi connectivity index (χ1n) is 3.45. The molecule has 11 heavy (non-hydrogen) atoms. The second-order valence-electron chi connectivity index (χ2n) is 2.60. The van der Waals surface area contributed by atoms with Crippen molar-refractivity contribution in [3.05, 3.63) is 34.1 Å². The number of benzene rings is 1. The maximum absolute atomic E-state index is 12.8. The van der Waals surface area contributed by atoms with Gasteiger partial charge in [-0.25, -0.2) is 4.39 Å². The van der Waals surface area contributed by atoms with Gasteiger partial charge in [-0.15, -0.1) is 0 Å². The third-order valence-corrected chi connectivity index (χ3v) is 2.32. The molecular formula is C8H7ClFN. The van der Waals surface area contributed by atoms with Gasteiger partial charge < -0.3 is 5.32 Å². The minimum atomic E-state index is -0.325. The minimum Gasteiger partial charge on any atom is -0.309 e. The van der Waals surface area contributed by atoms with Gasteiger partial charge in [-0.2, -0.15) is 0 Å². The predicted octanol–water partition coefficient (Wildman–Crippen LogP) is 2.08. The molecule has 1 aliphatic heterocycles. The fourth-order valence-electron chi connectivity index (χ4n) is 1.31. The Bertz CT molecular complexity index is 298. The molecule has 1 nitrogen and oxygen atoms in total. The van der Waals surface area contributed by atoms with Gasteiger partial charge in [0.25, 0.3) is 0 Å². The van der Waals surface area contributed by atoms with Crippen LogP contribution in [-0.4, -0.2) is 0 Å². The molecule has 1 aliphatic rings. The molecule has 0 unspecified atom stereocenters. The van der Waals surface area contributed by atoms with Crippen LogP contribution in [0, 0.1) is 5.82 Å². The summed E-state index contributed by atoms with van der Waals surface area (Å²) < 4.78 is 12.8. The molecule has 1 heterocycles. The summed E-state index contributed by atoms with van der Waals surface area (Å²) >= 11 is 5.72. The van der Waals surface area contributed by atoms with Crippen molar-refractivity contribution in [1.29, 1.82) is 0 Å². The Morgan fingerprint density at radius 1 is 1.36 bits per heavy atom. The summed E-state index contributed by atoms with van der Waals surface area (Å²) in [4.78, 5) is 0. The number of hydrogen-bond acceptors (Lipinski definition) is 1. The van der Waals surface area contributed by atoms with E-state index in [1.165, 1.54) is 6.07 Å². The van der Waals surface area contributed by atoms with E-state index < -0.39 is 0 Å². The quantitative estimate of drug-likeness (QED) is 0.630. The summed E-state index contributed by atoms with van der Waals surface area (Å²) in [6.45, 7) is 1.49. The second-order valence-corrected chi connectivity index (χ2v) is 2.98. The minimum absolute atomic E-state index is 0.271. The average Bonchev–Trinajstić information content (AvgIpc) is 2.45. The van der Waals surface area contributed by atoms with Crippen LogP contribution in [0.4, 0.5) is 4.39 Å². The zero-order valence-corrected chi connectivity index (χ0v) is 6.58. The Morgan fingerprint density at radius 3 is 3.00 bits per heavy atom. The van der Waals surface area contributed by atoms with Crippen LogP contribution in [0.3, 0.4) is 0 Å². The molecule has 0 saturated heterocycles. The molecule has 1 aromatic carbocycles. The van der Waals surface area contributed by atoms with E-state index in [0.29, 0.717) is 6.54 Å². The van der Waals surface area contributed by atoms with Crippen molar-refractivity contribution in [3.8, 4) is 0 Å². The monoisotopic (exact) mass is 171 g/mol. The van der Waals surface area contributed by atoms with Gasteiger partial charge in [0.15, 0.2) is 0 Å². The molecule has 0 aliphatic carbocycles. The molecular weight excluding hydrogens is 165 g/mol. The first-order chi connectivity index (χ1) is 5.29. The van der Waals surface area contributed by atoms with Crippen molar-refractivity contribution in [2.75, 3.05) is 0 Å². The van der Waals surface area contributed by atoms with Gasteiger partial charge in [0.05, 0.1) is 5.02 Å². The van der Waals surface area contributed by atoms with Crippen molar-refractivity contribution >= 4 is 11.6 Å². The van der Waals surface area contributed by atoms with Gasteiger partial charge in [0.1, 0.15) is 5.82 Å². The van der Waals surface area contributed by atoms with Gasteiger partial charge in [-0.05, 0) is 17.2 Å². The lowest BCUT2D eigenvalue weighted by Gasteiger charge is -2.00. The van der Waals surface area contributed by atoms with Crippen LogP contribution in [0.1, 0.15) is 11.1 Å². The number of rotatable bonds is 0. The van der Waals surface area contributed by atoms with Gasteiger partial charge in [-0.3, -0.25) is 0 Å². The molecule has 58 valence electrons. The highest BCUT2D eigenvalue weighted by molar-refractivity contribution is 6.31. The normalized spacial score (nSPS) is 15.1. The molecule has 1 N–H and O–H groups in total. The largest absolute Gasteiger partial charge is 0.309 e. The smallest absolute Gasteiger partial charge is 0.142 e. The average molecular weight is 172 g/mol. The lowest BCUT2D eigenvalue weighted by atomic mass is 10.1. The van der Waals surface area contributed by atoms with Crippen LogP contribution < -0.4 is 5.32 Å². The highest BCUT2D eigenvalue weighted by Gasteiger charge is 2.15. The summed E-state index contributed by atoms with van der Waals surface area (Å²) in [6, 6.07) is 3.19. The molecule has 0 radical (unpaired) electrons. The Balaban J connectivity index is 2.62. The van der Waals surface area contributed by atoms with Crippen LogP contribution >= 0.6 is 11.6 Å². The number of halogens is 2. The van der Waals surface area contributed by atoms with E-state index in [4.69, 9.17) is 11.6 Å². The van der Waals surface area contributed by atoms with Crippen molar-refractivity contribution < 1.29 is 4.39 Å². The Kier molecular flexibility index (Phi) is 1.59. The molecule has 3 heteroatoms. The number of fused-ring (bicyclic) bond motifs is 1. The van der Waals surface area contributed by atoms with E-state index in [9.17, 15) is 4.39 Å². The molecule has 0 spiro atoms. The van der Waals surface area contributed by atoms with Crippen LogP contribution in [0.5, 0.6) is 0 Å². The zero-order chi connectivity index (χ0) is 7.84. The SMILES string of the molecule is Fc1ccc2c(c1Cl)CNC2. The van der Waals surface area contributed by atoms with Crippen LogP contribution in [0.25, 0.3) is 0 Å². The second kappa shape index (κ2) is 2.47. The van der Waals surface area contributed by atoms with E-state index in [1.807, 2.05) is 0 Å². The maximum Gasteiger partial charge on any atom is 0.142 e. The van der Waals surface area contributed by atoms with Crippen molar-refractivity contribution in [2.45, 2.75) is 13.1 Å². The molecule has 1 aromatic rings. The molecule has 0 saturated carbocycles. The highest BCUT2D eigenvalue weighted by Crippen LogP contribution is 2.26. The van der Waals surface area contributed by atoms with E-state index in [2.05, 4.69) is 5.32 Å². The third kappa shape index (κ3) is 1.03. The van der Waals surface area contributed by atoms with Crippen molar-refractivity contribution in [3.63, 3.8) is 0 Å². The van der Waals surface area contributed by atoms with Gasteiger partial charge in [-0.1, -0.05) is 17.7 Å². The van der Waals surface area contributed by atoms with Crippen molar-refractivity contribution in [1.82, 2.24) is 5.32 Å². The van der Waals surface area contributed by atoms with Gasteiger partial charge in [0, 0.05) is 13.1 Å². The summed E-state index contributed by atoms with van der Waals surface area (Å²) in [5.41, 5.74) is 2.02. The Hall–Kier alpha value is -0.600. The topological polar surface area (TPSA) is 12.0 Å². The molecule has 0 bridgehead atoms. The number of nitrogens with one attached hydrogen (secondary N) is 1. The van der Waals surface area contributed by atoms with E-state index >= 15 is 0 Å². The first-order valence-corrected chi connectivity index (χ1v) is 3.83. The molecule has 0 amide bonds. The standard InChI is InChI=1S/C8H7ClFN/c9-8-6-4-11-3-5(6)1-2-7(8)10/h1-2,11H,3-4H2. The Morgan fingerprint density at radius 2 is 2.18 bits per heavy atom. The molecule has 2 rings (SSSR count). The third-order valence-electron chi connectivity index (χ3n) is 1.91. The van der Waals surface area contributed by atoms with E-state index in [-0.39, 0.29) is 10.8 Å². The zero-order valence-electron chi connectivity index (χ0n) is 5.82. The van der Waals surface area contributed by atoms with E-state index in [1.54, 1.807) is 6.07 Å². The molecule has 0 atom stereocenters. The molecule has 0 aromatic heterocycles. The predicted molar refractivity (Wildman–Crippen MR) is 42.0 cm³/mol. The van der Waals surface area contributed by atoms with E-state index in [0.717, 1.165) is 17.7 Å². The first kappa shape index (κ1) is 7.07. The highest BCUT2D eigenvalue weighted by atomic mass is 35.5. The number of hydrogen-bond donors (Lipinski definition) is 1. The Labute approximate surface area is 69.2 Å². The van der Waals surface area contributed by atoms with Gasteiger partial charge >= 0.3 is 0 Å². The lowest BCUT2D eigenvalue weighted by Crippen LogP contribution is -2.00. The fourth-order valence-corrected chi connectivity index (χ4v) is 1.56. The lowest BCUT2D eigenvalue weighted by molar-refractivity contribution is 0.626. The van der Waals surface area contributed by atoms with Gasteiger partial charge in [0.2, 0.25) is 0 Å². The van der Waals surface area contributed by atoms with Crippen LogP contribution in [0.2, 0.25) is 5.02 Å². The maximum atomic E-state index is 12.8. The summed E-state index contributed by atoms with van der Waals surface area (Å²) in [7, 11) is 0. The molecule has 0 fully saturated rings.